The van der Waals surface area contributed by atoms with E-state index in [4.69, 9.17) is 10.5 Å². The van der Waals surface area contributed by atoms with Gasteiger partial charge in [-0.15, -0.1) is 0 Å². The van der Waals surface area contributed by atoms with Crippen LogP contribution in [0, 0.1) is 12.7 Å². The average Bonchev–Trinajstić information content (AvgIpc) is 3.13. The molecule has 32 heavy (non-hydrogen) atoms. The predicted molar refractivity (Wildman–Crippen MR) is 124 cm³/mol. The van der Waals surface area contributed by atoms with Gasteiger partial charge in [0.2, 0.25) is 5.91 Å². The number of carbonyl (C=O) groups excluding carboxylic acids is 1. The number of anilines is 1. The highest BCUT2D eigenvalue weighted by Crippen LogP contribution is 2.37. The van der Waals surface area contributed by atoms with E-state index in [9.17, 15) is 9.18 Å². The second-order valence-electron chi connectivity index (χ2n) is 9.55. The molecule has 3 aliphatic rings. The molecule has 2 aliphatic heterocycles. The molecule has 6 heteroatoms. The average molecular weight is 438 g/mol. The predicted octanol–water partition coefficient (Wildman–Crippen LogP) is 4.38. The van der Waals surface area contributed by atoms with Gasteiger partial charge in [-0.3, -0.25) is 9.69 Å². The summed E-state index contributed by atoms with van der Waals surface area (Å²) in [7, 11) is 0. The monoisotopic (exact) mass is 437 g/mol. The van der Waals surface area contributed by atoms with Crippen molar-refractivity contribution < 1.29 is 13.9 Å². The number of primary amides is 1. The van der Waals surface area contributed by atoms with Crippen LogP contribution >= 0.6 is 0 Å². The Labute approximate surface area is 189 Å². The molecule has 2 heterocycles. The highest BCUT2D eigenvalue weighted by Gasteiger charge is 2.35. The van der Waals surface area contributed by atoms with Crippen molar-refractivity contribution in [3.05, 3.63) is 58.4 Å². The number of carbonyl (C=O) groups is 1. The van der Waals surface area contributed by atoms with Crippen LogP contribution in [-0.4, -0.2) is 42.6 Å². The number of hydrogen-bond donors (Lipinski definition) is 2. The zero-order chi connectivity index (χ0) is 22.2. The van der Waals surface area contributed by atoms with Crippen molar-refractivity contribution in [2.75, 3.05) is 25.0 Å². The molecule has 1 amide bonds. The van der Waals surface area contributed by atoms with E-state index in [1.807, 2.05) is 25.1 Å². The molecule has 2 atom stereocenters. The minimum atomic E-state index is -0.389. The fraction of sp³-hybridized carbons (Fsp3) is 0.500. The fourth-order valence-corrected chi connectivity index (χ4v) is 5.60. The first-order valence-electron chi connectivity index (χ1n) is 11.9. The smallest absolute Gasteiger partial charge is 0.249 e. The van der Waals surface area contributed by atoms with Gasteiger partial charge in [-0.25, -0.2) is 4.39 Å². The molecule has 2 aromatic carbocycles. The number of benzene rings is 2. The summed E-state index contributed by atoms with van der Waals surface area (Å²) in [5.74, 6) is 0.644. The number of halogens is 1. The number of fused-ring (bicyclic) bond motifs is 2. The third kappa shape index (κ3) is 3.96. The maximum atomic E-state index is 13.7. The molecule has 1 saturated carbocycles. The molecule has 5 rings (SSSR count). The molecule has 0 bridgehead atoms. The van der Waals surface area contributed by atoms with Crippen LogP contribution in [0.2, 0.25) is 0 Å². The lowest BCUT2D eigenvalue weighted by atomic mass is 9.87. The van der Waals surface area contributed by atoms with Crippen molar-refractivity contribution in [3.63, 3.8) is 0 Å². The van der Waals surface area contributed by atoms with Crippen LogP contribution in [0.15, 0.2) is 30.3 Å². The standard InChI is InChI=1S/C26H32FN3O2/c1-16-7-9-21(26(28)31)23-13-20(15-32-25(16)23)30(19-5-2-6-19)11-3-4-17-14-29-24-10-8-18(27)12-22(17)24/h7-10,12,17,19-20,29H,2-6,11,13-15H2,1H3,(H2,28,31). The zero-order valence-electron chi connectivity index (χ0n) is 18.7. The summed E-state index contributed by atoms with van der Waals surface area (Å²) in [5, 5.41) is 3.41. The molecule has 1 aliphatic carbocycles. The lowest BCUT2D eigenvalue weighted by Crippen LogP contribution is -2.51. The number of hydrogen-bond acceptors (Lipinski definition) is 4. The Morgan fingerprint density at radius 2 is 2.09 bits per heavy atom. The van der Waals surface area contributed by atoms with Crippen molar-refractivity contribution >= 4 is 11.6 Å². The minimum absolute atomic E-state index is 0.160. The summed E-state index contributed by atoms with van der Waals surface area (Å²) in [4.78, 5) is 14.6. The highest BCUT2D eigenvalue weighted by atomic mass is 19.1. The molecule has 2 unspecified atom stereocenters. The molecular weight excluding hydrogens is 405 g/mol. The van der Waals surface area contributed by atoms with E-state index in [0.29, 0.717) is 24.1 Å². The summed E-state index contributed by atoms with van der Waals surface area (Å²) >= 11 is 0. The first kappa shape index (κ1) is 21.3. The van der Waals surface area contributed by atoms with Gasteiger partial charge in [0.05, 0.1) is 0 Å². The fourth-order valence-electron chi connectivity index (χ4n) is 5.60. The Balaban J connectivity index is 1.28. The van der Waals surface area contributed by atoms with Gasteiger partial charge in [-0.1, -0.05) is 12.5 Å². The molecule has 1 fully saturated rings. The maximum absolute atomic E-state index is 13.7. The largest absolute Gasteiger partial charge is 0.491 e. The molecule has 170 valence electrons. The second-order valence-corrected chi connectivity index (χ2v) is 9.55. The quantitative estimate of drug-likeness (QED) is 0.675. The van der Waals surface area contributed by atoms with E-state index in [1.54, 1.807) is 6.07 Å². The first-order chi connectivity index (χ1) is 15.5. The van der Waals surface area contributed by atoms with Crippen LogP contribution in [0.5, 0.6) is 5.75 Å². The van der Waals surface area contributed by atoms with Crippen LogP contribution in [0.3, 0.4) is 0 Å². The van der Waals surface area contributed by atoms with Gasteiger partial charge in [-0.2, -0.15) is 0 Å². The lowest BCUT2D eigenvalue weighted by molar-refractivity contribution is 0.0424. The number of nitrogens with two attached hydrogens (primary N) is 1. The van der Waals surface area contributed by atoms with E-state index in [1.165, 1.54) is 25.3 Å². The van der Waals surface area contributed by atoms with Crippen LogP contribution in [0.4, 0.5) is 10.1 Å². The minimum Gasteiger partial charge on any atom is -0.491 e. The first-order valence-corrected chi connectivity index (χ1v) is 11.9. The van der Waals surface area contributed by atoms with Crippen LogP contribution in [0.25, 0.3) is 0 Å². The van der Waals surface area contributed by atoms with E-state index in [-0.39, 0.29) is 17.8 Å². The van der Waals surface area contributed by atoms with Crippen LogP contribution in [-0.2, 0) is 6.42 Å². The molecule has 0 radical (unpaired) electrons. The van der Waals surface area contributed by atoms with Crippen LogP contribution in [0.1, 0.15) is 65.1 Å². The Hall–Kier alpha value is -2.60. The summed E-state index contributed by atoms with van der Waals surface area (Å²) in [5.41, 5.74) is 10.4. The second kappa shape index (κ2) is 8.74. The Bertz CT molecular complexity index is 1020. The Morgan fingerprint density at radius 1 is 1.25 bits per heavy atom. The van der Waals surface area contributed by atoms with Crippen molar-refractivity contribution in [2.24, 2.45) is 5.73 Å². The summed E-state index contributed by atoms with van der Waals surface area (Å²) in [6.07, 6.45) is 6.60. The van der Waals surface area contributed by atoms with Crippen molar-refractivity contribution in [3.8, 4) is 5.75 Å². The van der Waals surface area contributed by atoms with Gasteiger partial charge in [-0.05, 0) is 81.0 Å². The van der Waals surface area contributed by atoms with E-state index < -0.39 is 0 Å². The molecule has 0 saturated heterocycles. The molecule has 3 N–H and O–H groups in total. The number of ether oxygens (including phenoxy) is 1. The maximum Gasteiger partial charge on any atom is 0.249 e. The van der Waals surface area contributed by atoms with Crippen molar-refractivity contribution in [1.29, 1.82) is 0 Å². The SMILES string of the molecule is Cc1ccc(C(N)=O)c2c1OCC(N(CCCC1CNc3ccc(F)cc31)C1CCC1)C2. The van der Waals surface area contributed by atoms with Crippen molar-refractivity contribution in [2.45, 2.75) is 63.5 Å². The topological polar surface area (TPSA) is 67.6 Å². The molecule has 0 aromatic heterocycles. The lowest BCUT2D eigenvalue weighted by Gasteiger charge is -2.44. The van der Waals surface area contributed by atoms with Gasteiger partial charge in [0.15, 0.2) is 0 Å². The van der Waals surface area contributed by atoms with E-state index in [0.717, 1.165) is 60.5 Å². The van der Waals surface area contributed by atoms with Gasteiger partial charge in [0.25, 0.3) is 0 Å². The Morgan fingerprint density at radius 3 is 2.84 bits per heavy atom. The number of amides is 1. The molecule has 5 nitrogen and oxygen atoms in total. The third-order valence-corrected chi connectivity index (χ3v) is 7.56. The summed E-state index contributed by atoms with van der Waals surface area (Å²) in [6.45, 7) is 4.53. The number of nitrogens with one attached hydrogen (secondary N) is 1. The number of nitrogens with zero attached hydrogens (tertiary/aromatic N) is 1. The normalized spacial score (nSPS) is 22.0. The van der Waals surface area contributed by atoms with Gasteiger partial charge >= 0.3 is 0 Å². The molecule has 2 aromatic rings. The van der Waals surface area contributed by atoms with E-state index >= 15 is 0 Å². The summed E-state index contributed by atoms with van der Waals surface area (Å²) in [6, 6.07) is 9.63. The van der Waals surface area contributed by atoms with Crippen LogP contribution < -0.4 is 15.8 Å². The molecule has 0 spiro atoms. The van der Waals surface area contributed by atoms with Gasteiger partial charge in [0, 0.05) is 41.4 Å². The number of aryl methyl sites for hydroxylation is 1. The Kier molecular flexibility index (Phi) is 5.80. The highest BCUT2D eigenvalue weighted by molar-refractivity contribution is 5.95. The third-order valence-electron chi connectivity index (χ3n) is 7.56. The molecular formula is C26H32FN3O2. The van der Waals surface area contributed by atoms with Crippen molar-refractivity contribution in [1.82, 2.24) is 4.90 Å². The van der Waals surface area contributed by atoms with E-state index in [2.05, 4.69) is 10.2 Å². The number of rotatable bonds is 7. The summed E-state index contributed by atoms with van der Waals surface area (Å²) < 4.78 is 19.9. The van der Waals surface area contributed by atoms with Gasteiger partial charge < -0.3 is 15.8 Å². The zero-order valence-corrected chi connectivity index (χ0v) is 18.7. The van der Waals surface area contributed by atoms with Gasteiger partial charge in [0.1, 0.15) is 18.2 Å².